The summed E-state index contributed by atoms with van der Waals surface area (Å²) in [6, 6.07) is 0. The minimum atomic E-state index is -1.12. The van der Waals surface area contributed by atoms with Gasteiger partial charge in [-0.05, 0) is 38.3 Å². The lowest BCUT2D eigenvalue weighted by Crippen LogP contribution is -2.25. The number of carbonyl (C=O) groups excluding carboxylic acids is 2. The molecule has 5 nitrogen and oxygen atoms in total. The summed E-state index contributed by atoms with van der Waals surface area (Å²) in [5, 5.41) is 9.99. The number of carboxylic acid groups (broad SMARTS) is 1. The van der Waals surface area contributed by atoms with Gasteiger partial charge >= 0.3 is 5.97 Å². The van der Waals surface area contributed by atoms with E-state index < -0.39 is 11.5 Å². The molecule has 19 heavy (non-hydrogen) atoms. The molecule has 1 aliphatic rings. The molecule has 0 amide bonds. The fourth-order valence-corrected chi connectivity index (χ4v) is 1.14. The Kier molecular flexibility index (Phi) is 6.75. The molecular formula is C14H20NO4-. The number of carboxylic acids is 1. The lowest BCUT2D eigenvalue weighted by atomic mass is 10.1. The first kappa shape index (κ1) is 17.1. The molecular weight excluding hydrogens is 246 g/mol. The molecule has 0 saturated heterocycles. The van der Waals surface area contributed by atoms with Crippen molar-refractivity contribution in [1.82, 2.24) is 0 Å². The number of ether oxygens (including phenoxy) is 1. The van der Waals surface area contributed by atoms with Crippen molar-refractivity contribution in [3.63, 3.8) is 0 Å². The van der Waals surface area contributed by atoms with Crippen LogP contribution < -0.4 is 5.11 Å². The largest absolute Gasteiger partial charge is 0.545 e. The third-order valence-corrected chi connectivity index (χ3v) is 2.38. The maximum Gasteiger partial charge on any atom is 0.340 e. The Bertz CT molecular complexity index is 408. The van der Waals surface area contributed by atoms with Crippen LogP contribution in [-0.2, 0) is 14.3 Å². The summed E-state index contributed by atoms with van der Waals surface area (Å²) >= 11 is 0. The van der Waals surface area contributed by atoms with E-state index in [9.17, 15) is 14.7 Å². The number of carbonyl (C=O) groups is 2. The highest BCUT2D eigenvalue weighted by molar-refractivity contribution is 6.04. The molecule has 1 heterocycles. The normalized spacial score (nSPS) is 15.7. The van der Waals surface area contributed by atoms with E-state index in [0.29, 0.717) is 12.3 Å². The minimum Gasteiger partial charge on any atom is -0.545 e. The zero-order valence-electron chi connectivity index (χ0n) is 11.7. The van der Waals surface area contributed by atoms with E-state index in [4.69, 9.17) is 4.74 Å². The standard InChI is InChI=1S/C7H9NO2.C7H12O2/c1-4-5-8-7(2,3)6(9)10-5;1-3-4-5-6(2)7(8)9/h4H,1H2,2-3H3;2-5H2,1H3,(H,8,9)/p-1. The molecule has 0 aliphatic carbocycles. The van der Waals surface area contributed by atoms with Crippen molar-refractivity contribution in [1.29, 1.82) is 0 Å². The first-order valence-electron chi connectivity index (χ1n) is 6.08. The van der Waals surface area contributed by atoms with Crippen molar-refractivity contribution in [2.24, 2.45) is 4.99 Å². The van der Waals surface area contributed by atoms with Crippen molar-refractivity contribution < 1.29 is 19.4 Å². The highest BCUT2D eigenvalue weighted by atomic mass is 16.6. The second-order valence-corrected chi connectivity index (χ2v) is 4.60. The topological polar surface area (TPSA) is 78.8 Å². The summed E-state index contributed by atoms with van der Waals surface area (Å²) in [7, 11) is 0. The van der Waals surface area contributed by atoms with Crippen molar-refractivity contribution in [2.75, 3.05) is 0 Å². The summed E-state index contributed by atoms with van der Waals surface area (Å²) in [4.78, 5) is 24.8. The van der Waals surface area contributed by atoms with Gasteiger partial charge in [0.15, 0.2) is 5.54 Å². The van der Waals surface area contributed by atoms with Crippen LogP contribution in [0.5, 0.6) is 0 Å². The Hall–Kier alpha value is -1.91. The van der Waals surface area contributed by atoms with Crippen molar-refractivity contribution in [3.8, 4) is 0 Å². The molecule has 0 bridgehead atoms. The molecule has 0 fully saturated rings. The number of aliphatic carboxylic acids is 1. The quantitative estimate of drug-likeness (QED) is 0.556. The summed E-state index contributed by atoms with van der Waals surface area (Å²) in [5.74, 6) is -1.12. The van der Waals surface area contributed by atoms with Gasteiger partial charge in [0.1, 0.15) is 0 Å². The van der Waals surface area contributed by atoms with Gasteiger partial charge in [0.2, 0.25) is 5.90 Å². The van der Waals surface area contributed by atoms with Crippen molar-refractivity contribution >= 4 is 17.8 Å². The maximum absolute atomic E-state index is 10.9. The molecule has 0 aromatic heterocycles. The van der Waals surface area contributed by atoms with Gasteiger partial charge in [-0.2, -0.15) is 0 Å². The predicted molar refractivity (Wildman–Crippen MR) is 71.5 cm³/mol. The summed E-state index contributed by atoms with van der Waals surface area (Å²) in [5.41, 5.74) is -0.513. The highest BCUT2D eigenvalue weighted by Gasteiger charge is 2.35. The van der Waals surface area contributed by atoms with Crippen LogP contribution >= 0.6 is 0 Å². The van der Waals surface area contributed by atoms with E-state index in [1.54, 1.807) is 13.8 Å². The van der Waals surface area contributed by atoms with Crippen LogP contribution in [0.25, 0.3) is 0 Å². The molecule has 0 saturated carbocycles. The smallest absolute Gasteiger partial charge is 0.340 e. The molecule has 1 rings (SSSR count). The fraction of sp³-hybridized carbons (Fsp3) is 0.500. The highest BCUT2D eigenvalue weighted by Crippen LogP contribution is 2.18. The van der Waals surface area contributed by atoms with Gasteiger partial charge in [-0.3, -0.25) is 0 Å². The first-order chi connectivity index (χ1) is 8.74. The third kappa shape index (κ3) is 5.99. The Morgan fingerprint density at radius 1 is 1.53 bits per heavy atom. The van der Waals surface area contributed by atoms with Crippen molar-refractivity contribution in [2.45, 2.75) is 45.6 Å². The van der Waals surface area contributed by atoms with E-state index in [-0.39, 0.29) is 11.5 Å². The van der Waals surface area contributed by atoms with Crippen LogP contribution in [-0.4, -0.2) is 23.4 Å². The number of esters is 1. The molecule has 0 radical (unpaired) electrons. The zero-order chi connectivity index (χ0) is 15.1. The van der Waals surface area contributed by atoms with E-state index in [1.165, 1.54) is 6.08 Å². The maximum atomic E-state index is 10.9. The molecule has 0 aromatic rings. The van der Waals surface area contributed by atoms with Crippen LogP contribution in [0.1, 0.15) is 40.0 Å². The van der Waals surface area contributed by atoms with Crippen LogP contribution in [0.2, 0.25) is 0 Å². The molecule has 1 aliphatic heterocycles. The molecule has 106 valence electrons. The fourth-order valence-electron chi connectivity index (χ4n) is 1.14. The number of rotatable bonds is 5. The number of aliphatic imine (C=N–C) groups is 1. The number of cyclic esters (lactones) is 1. The molecule has 0 spiro atoms. The zero-order valence-corrected chi connectivity index (χ0v) is 11.7. The lowest BCUT2D eigenvalue weighted by Gasteiger charge is -2.05. The Morgan fingerprint density at radius 3 is 2.37 bits per heavy atom. The average molecular weight is 266 g/mol. The first-order valence-corrected chi connectivity index (χ1v) is 6.08. The number of hydrogen-bond donors (Lipinski definition) is 0. The van der Waals surface area contributed by atoms with Gasteiger partial charge in [-0.1, -0.05) is 26.5 Å². The van der Waals surface area contributed by atoms with E-state index in [0.717, 1.165) is 12.8 Å². The second-order valence-electron chi connectivity index (χ2n) is 4.60. The molecule has 0 atom stereocenters. The summed E-state index contributed by atoms with van der Waals surface area (Å²) < 4.78 is 4.72. The molecule has 0 unspecified atom stereocenters. The Labute approximate surface area is 113 Å². The van der Waals surface area contributed by atoms with Crippen LogP contribution in [0.4, 0.5) is 0 Å². The minimum absolute atomic E-state index is 0.205. The van der Waals surface area contributed by atoms with Crippen molar-refractivity contribution in [3.05, 3.63) is 24.8 Å². The summed E-state index contributed by atoms with van der Waals surface area (Å²) in [6.45, 7) is 12.2. The number of unbranched alkanes of at least 4 members (excludes halogenated alkanes) is 1. The van der Waals surface area contributed by atoms with E-state index in [2.05, 4.69) is 18.2 Å². The van der Waals surface area contributed by atoms with Gasteiger partial charge in [0.25, 0.3) is 0 Å². The second kappa shape index (κ2) is 7.51. The van der Waals surface area contributed by atoms with E-state index in [1.807, 2.05) is 6.92 Å². The Morgan fingerprint density at radius 2 is 2.11 bits per heavy atom. The Balaban J connectivity index is 0.000000344. The van der Waals surface area contributed by atoms with Gasteiger partial charge in [0, 0.05) is 0 Å². The third-order valence-electron chi connectivity index (χ3n) is 2.38. The number of hydrogen-bond acceptors (Lipinski definition) is 5. The SMILES string of the molecule is C=C(CCCC)C(=O)[O-].C=CC1=NC(C)(C)C(=O)O1. The van der Waals surface area contributed by atoms with E-state index >= 15 is 0 Å². The monoisotopic (exact) mass is 266 g/mol. The van der Waals surface area contributed by atoms with Gasteiger partial charge in [-0.25, -0.2) is 9.79 Å². The lowest BCUT2D eigenvalue weighted by molar-refractivity contribution is -0.299. The van der Waals surface area contributed by atoms with Crippen LogP contribution in [0.3, 0.4) is 0 Å². The van der Waals surface area contributed by atoms with Crippen LogP contribution in [0, 0.1) is 0 Å². The number of nitrogens with zero attached hydrogens (tertiary/aromatic N) is 1. The van der Waals surface area contributed by atoms with Gasteiger partial charge < -0.3 is 14.6 Å². The molecule has 0 N–H and O–H groups in total. The van der Waals surface area contributed by atoms with Crippen LogP contribution in [0.15, 0.2) is 29.8 Å². The molecule has 0 aromatic carbocycles. The predicted octanol–water partition coefficient (Wildman–Crippen LogP) is 1.39. The average Bonchev–Trinajstić information content (AvgIpc) is 2.61. The van der Waals surface area contributed by atoms with Gasteiger partial charge in [-0.15, -0.1) is 0 Å². The van der Waals surface area contributed by atoms with Gasteiger partial charge in [0.05, 0.1) is 5.97 Å². The molecule has 5 heteroatoms. The summed E-state index contributed by atoms with van der Waals surface area (Å²) in [6.07, 6.45) is 3.85.